The van der Waals surface area contributed by atoms with Crippen LogP contribution in [0.25, 0.3) is 0 Å². The molecule has 1 aliphatic heterocycles. The van der Waals surface area contributed by atoms with Crippen molar-refractivity contribution in [2.75, 3.05) is 6.54 Å². The van der Waals surface area contributed by atoms with Crippen LogP contribution in [0, 0.1) is 0 Å². The number of likely N-dealkylation sites (tertiary alicyclic amines) is 1. The zero-order valence-electron chi connectivity index (χ0n) is 9.39. The maximum Gasteiger partial charge on any atom is 0.0237 e. The summed E-state index contributed by atoms with van der Waals surface area (Å²) in [7, 11) is 0. The van der Waals surface area contributed by atoms with Crippen molar-refractivity contribution in [2.45, 2.75) is 38.4 Å². The molecule has 0 radical (unpaired) electrons. The zero-order chi connectivity index (χ0) is 10.7. The van der Waals surface area contributed by atoms with Gasteiger partial charge in [0.1, 0.15) is 0 Å². The first kappa shape index (κ1) is 10.7. The summed E-state index contributed by atoms with van der Waals surface area (Å²) in [6, 6.07) is 11.7. The van der Waals surface area contributed by atoms with E-state index in [-0.39, 0.29) is 0 Å². The lowest BCUT2D eigenvalue weighted by molar-refractivity contribution is 0.138. The summed E-state index contributed by atoms with van der Waals surface area (Å²) in [4.78, 5) is 2.49. The molecule has 0 aliphatic carbocycles. The summed E-state index contributed by atoms with van der Waals surface area (Å²) >= 11 is 0. The van der Waals surface area contributed by atoms with Gasteiger partial charge in [-0.25, -0.2) is 0 Å². The Morgan fingerprint density at radius 3 is 2.73 bits per heavy atom. The summed E-state index contributed by atoms with van der Waals surface area (Å²) in [5.74, 6) is 0. The SMILES string of the molecule is C[C@H]1CC[C@@H](N)CN1Cc1ccccc1. The van der Waals surface area contributed by atoms with Crippen LogP contribution in [-0.4, -0.2) is 23.5 Å². The van der Waals surface area contributed by atoms with Crippen LogP contribution in [0.2, 0.25) is 0 Å². The minimum Gasteiger partial charge on any atom is -0.327 e. The standard InChI is InChI=1S/C13H20N2/c1-11-7-8-13(14)10-15(11)9-12-5-3-2-4-6-12/h2-6,11,13H,7-10,14H2,1H3/t11-,13+/m0/s1. The maximum absolute atomic E-state index is 6.00. The van der Waals surface area contributed by atoms with E-state index in [4.69, 9.17) is 5.73 Å². The molecule has 2 N–H and O–H groups in total. The van der Waals surface area contributed by atoms with Crippen LogP contribution >= 0.6 is 0 Å². The van der Waals surface area contributed by atoms with Crippen LogP contribution in [-0.2, 0) is 6.54 Å². The largest absolute Gasteiger partial charge is 0.327 e. The van der Waals surface area contributed by atoms with Crippen LogP contribution in [0.15, 0.2) is 30.3 Å². The van der Waals surface area contributed by atoms with Gasteiger partial charge in [-0.1, -0.05) is 30.3 Å². The predicted octanol–water partition coefficient (Wildman–Crippen LogP) is 2.00. The molecule has 1 heterocycles. The summed E-state index contributed by atoms with van der Waals surface area (Å²) in [6.07, 6.45) is 2.40. The topological polar surface area (TPSA) is 29.3 Å². The molecule has 1 saturated heterocycles. The summed E-state index contributed by atoms with van der Waals surface area (Å²) in [6.45, 7) is 4.38. The van der Waals surface area contributed by atoms with E-state index in [1.165, 1.54) is 18.4 Å². The summed E-state index contributed by atoms with van der Waals surface area (Å²) in [5.41, 5.74) is 7.39. The maximum atomic E-state index is 6.00. The number of rotatable bonds is 2. The molecule has 15 heavy (non-hydrogen) atoms. The minimum absolute atomic E-state index is 0.366. The number of hydrogen-bond donors (Lipinski definition) is 1. The van der Waals surface area contributed by atoms with Gasteiger partial charge in [0.2, 0.25) is 0 Å². The first-order chi connectivity index (χ1) is 7.25. The monoisotopic (exact) mass is 204 g/mol. The Kier molecular flexibility index (Phi) is 3.39. The number of benzene rings is 1. The second-order valence-corrected chi connectivity index (χ2v) is 4.60. The highest BCUT2D eigenvalue weighted by atomic mass is 15.2. The Morgan fingerprint density at radius 1 is 1.27 bits per heavy atom. The Balaban J connectivity index is 1.98. The van der Waals surface area contributed by atoms with E-state index >= 15 is 0 Å². The molecular weight excluding hydrogens is 184 g/mol. The molecule has 2 atom stereocenters. The number of piperidine rings is 1. The Morgan fingerprint density at radius 2 is 2.00 bits per heavy atom. The lowest BCUT2D eigenvalue weighted by atomic mass is 9.99. The van der Waals surface area contributed by atoms with Crippen LogP contribution in [0.1, 0.15) is 25.3 Å². The Hall–Kier alpha value is -0.860. The van der Waals surface area contributed by atoms with E-state index in [0.717, 1.165) is 13.1 Å². The number of nitrogens with zero attached hydrogens (tertiary/aromatic N) is 1. The molecule has 0 amide bonds. The highest BCUT2D eigenvalue weighted by Gasteiger charge is 2.22. The molecule has 1 aromatic carbocycles. The molecule has 1 aromatic rings. The van der Waals surface area contributed by atoms with Crippen molar-refractivity contribution in [3.05, 3.63) is 35.9 Å². The van der Waals surface area contributed by atoms with Gasteiger partial charge in [-0.2, -0.15) is 0 Å². The molecule has 2 heteroatoms. The Labute approximate surface area is 92.1 Å². The van der Waals surface area contributed by atoms with E-state index in [9.17, 15) is 0 Å². The van der Waals surface area contributed by atoms with Gasteiger partial charge < -0.3 is 5.73 Å². The number of hydrogen-bond acceptors (Lipinski definition) is 2. The molecule has 82 valence electrons. The highest BCUT2D eigenvalue weighted by molar-refractivity contribution is 5.14. The van der Waals surface area contributed by atoms with Crippen molar-refractivity contribution in [2.24, 2.45) is 5.73 Å². The molecule has 0 saturated carbocycles. The fraction of sp³-hybridized carbons (Fsp3) is 0.538. The van der Waals surface area contributed by atoms with Gasteiger partial charge >= 0.3 is 0 Å². The average molecular weight is 204 g/mol. The van der Waals surface area contributed by atoms with Gasteiger partial charge in [0.15, 0.2) is 0 Å². The van der Waals surface area contributed by atoms with Gasteiger partial charge in [-0.15, -0.1) is 0 Å². The third kappa shape index (κ3) is 2.80. The van der Waals surface area contributed by atoms with Crippen molar-refractivity contribution >= 4 is 0 Å². The van der Waals surface area contributed by atoms with Crippen LogP contribution in [0.3, 0.4) is 0 Å². The van der Waals surface area contributed by atoms with Crippen molar-refractivity contribution in [1.82, 2.24) is 4.90 Å². The zero-order valence-corrected chi connectivity index (χ0v) is 9.39. The quantitative estimate of drug-likeness (QED) is 0.798. The molecule has 0 aromatic heterocycles. The minimum atomic E-state index is 0.366. The highest BCUT2D eigenvalue weighted by Crippen LogP contribution is 2.18. The lowest BCUT2D eigenvalue weighted by Crippen LogP contribution is -2.46. The van der Waals surface area contributed by atoms with E-state index in [1.807, 2.05) is 0 Å². The van der Waals surface area contributed by atoms with Gasteiger partial charge in [0.25, 0.3) is 0 Å². The van der Waals surface area contributed by atoms with E-state index in [2.05, 4.69) is 42.2 Å². The first-order valence-corrected chi connectivity index (χ1v) is 5.79. The fourth-order valence-electron chi connectivity index (χ4n) is 2.25. The van der Waals surface area contributed by atoms with Crippen LogP contribution < -0.4 is 5.73 Å². The second kappa shape index (κ2) is 4.77. The van der Waals surface area contributed by atoms with Crippen molar-refractivity contribution in [3.8, 4) is 0 Å². The number of nitrogens with two attached hydrogens (primary N) is 1. The molecule has 2 rings (SSSR count). The van der Waals surface area contributed by atoms with Gasteiger partial charge in [0, 0.05) is 25.2 Å². The smallest absolute Gasteiger partial charge is 0.0237 e. The normalized spacial score (nSPS) is 27.9. The average Bonchev–Trinajstić information content (AvgIpc) is 2.25. The Bertz CT molecular complexity index is 297. The molecular formula is C13H20N2. The molecule has 0 spiro atoms. The van der Waals surface area contributed by atoms with Crippen molar-refractivity contribution < 1.29 is 0 Å². The third-order valence-electron chi connectivity index (χ3n) is 3.28. The first-order valence-electron chi connectivity index (χ1n) is 5.79. The molecule has 0 bridgehead atoms. The fourth-order valence-corrected chi connectivity index (χ4v) is 2.25. The van der Waals surface area contributed by atoms with Crippen LogP contribution in [0.4, 0.5) is 0 Å². The molecule has 0 unspecified atom stereocenters. The van der Waals surface area contributed by atoms with Crippen molar-refractivity contribution in [3.63, 3.8) is 0 Å². The van der Waals surface area contributed by atoms with Gasteiger partial charge in [-0.3, -0.25) is 4.90 Å². The van der Waals surface area contributed by atoms with Crippen LogP contribution in [0.5, 0.6) is 0 Å². The van der Waals surface area contributed by atoms with Gasteiger partial charge in [0.05, 0.1) is 0 Å². The lowest BCUT2D eigenvalue weighted by Gasteiger charge is -2.36. The summed E-state index contributed by atoms with van der Waals surface area (Å²) in [5, 5.41) is 0. The molecule has 2 nitrogen and oxygen atoms in total. The summed E-state index contributed by atoms with van der Waals surface area (Å²) < 4.78 is 0. The van der Waals surface area contributed by atoms with Crippen molar-refractivity contribution in [1.29, 1.82) is 0 Å². The van der Waals surface area contributed by atoms with Gasteiger partial charge in [-0.05, 0) is 25.3 Å². The molecule has 1 fully saturated rings. The molecule has 1 aliphatic rings. The third-order valence-corrected chi connectivity index (χ3v) is 3.28. The van der Waals surface area contributed by atoms with E-state index < -0.39 is 0 Å². The second-order valence-electron chi connectivity index (χ2n) is 4.60. The van der Waals surface area contributed by atoms with E-state index in [0.29, 0.717) is 12.1 Å². The predicted molar refractivity (Wildman–Crippen MR) is 63.5 cm³/mol. The van der Waals surface area contributed by atoms with E-state index in [1.54, 1.807) is 0 Å².